The maximum absolute atomic E-state index is 13.1. The number of hydrogen-bond donors (Lipinski definition) is 0. The van der Waals surface area contributed by atoms with E-state index in [-0.39, 0.29) is 5.92 Å². The third-order valence-corrected chi connectivity index (χ3v) is 7.36. The molecule has 0 saturated carbocycles. The average Bonchev–Trinajstić information content (AvgIpc) is 3.32. The molecule has 1 aromatic rings. The van der Waals surface area contributed by atoms with Gasteiger partial charge in [0.15, 0.2) is 0 Å². The number of likely N-dealkylation sites (tertiary alicyclic amines) is 3. The van der Waals surface area contributed by atoms with Crippen molar-refractivity contribution in [3.05, 3.63) is 30.1 Å². The monoisotopic (exact) mass is 413 g/mol. The van der Waals surface area contributed by atoms with Crippen LogP contribution in [0.2, 0.25) is 0 Å². The molecule has 1 aromatic heterocycles. The van der Waals surface area contributed by atoms with E-state index in [4.69, 9.17) is 0 Å². The molecule has 0 spiro atoms. The number of carbonyl (C=O) groups excluding carboxylic acids is 1. The number of pyridine rings is 1. The van der Waals surface area contributed by atoms with Gasteiger partial charge in [-0.25, -0.2) is 0 Å². The number of likely N-dealkylation sites (N-methyl/N-ethyl adjacent to an activating group) is 1. The van der Waals surface area contributed by atoms with E-state index in [9.17, 15) is 4.79 Å². The predicted octanol–water partition coefficient (Wildman–Crippen LogP) is 2.31. The molecule has 0 bridgehead atoms. The smallest absolute Gasteiger partial charge is 0.226 e. The Labute approximate surface area is 182 Å². The molecule has 4 rings (SSSR count). The third-order valence-electron chi connectivity index (χ3n) is 7.36. The van der Waals surface area contributed by atoms with Gasteiger partial charge in [0.2, 0.25) is 5.91 Å². The molecule has 4 heterocycles. The van der Waals surface area contributed by atoms with E-state index in [0.29, 0.717) is 11.9 Å². The Kier molecular flexibility index (Phi) is 7.74. The predicted molar refractivity (Wildman–Crippen MR) is 120 cm³/mol. The molecule has 6 heteroatoms. The third kappa shape index (κ3) is 5.80. The van der Waals surface area contributed by atoms with Crippen molar-refractivity contribution in [2.45, 2.75) is 51.1 Å². The van der Waals surface area contributed by atoms with E-state index in [2.05, 4.69) is 31.8 Å². The minimum atomic E-state index is 0.192. The van der Waals surface area contributed by atoms with Gasteiger partial charge < -0.3 is 9.80 Å². The van der Waals surface area contributed by atoms with Crippen LogP contribution in [-0.2, 0) is 11.3 Å². The summed E-state index contributed by atoms with van der Waals surface area (Å²) in [4.78, 5) is 26.9. The van der Waals surface area contributed by atoms with Gasteiger partial charge in [0.1, 0.15) is 0 Å². The van der Waals surface area contributed by atoms with Gasteiger partial charge in [-0.1, -0.05) is 0 Å². The normalized spacial score (nSPS) is 24.9. The highest BCUT2D eigenvalue weighted by molar-refractivity contribution is 5.78. The second kappa shape index (κ2) is 10.7. The fourth-order valence-corrected chi connectivity index (χ4v) is 5.45. The Hall–Kier alpha value is -1.50. The Morgan fingerprint density at radius 3 is 2.47 bits per heavy atom. The van der Waals surface area contributed by atoms with Crippen molar-refractivity contribution in [1.29, 1.82) is 0 Å². The lowest BCUT2D eigenvalue weighted by molar-refractivity contribution is -0.136. The summed E-state index contributed by atoms with van der Waals surface area (Å²) in [5, 5.41) is 0. The summed E-state index contributed by atoms with van der Waals surface area (Å²) >= 11 is 0. The number of nitrogens with zero attached hydrogens (tertiary/aromatic N) is 5. The maximum atomic E-state index is 13.1. The lowest BCUT2D eigenvalue weighted by Gasteiger charge is -2.42. The molecule has 1 atom stereocenters. The van der Waals surface area contributed by atoms with Gasteiger partial charge in [-0.05, 0) is 88.9 Å². The van der Waals surface area contributed by atoms with E-state index in [1.165, 1.54) is 44.3 Å². The highest BCUT2D eigenvalue weighted by Crippen LogP contribution is 2.25. The van der Waals surface area contributed by atoms with Crippen molar-refractivity contribution in [2.75, 3.05) is 59.4 Å². The number of piperidine rings is 2. The molecule has 3 aliphatic heterocycles. The highest BCUT2D eigenvalue weighted by Gasteiger charge is 2.32. The Bertz CT molecular complexity index is 655. The fourth-order valence-electron chi connectivity index (χ4n) is 5.45. The summed E-state index contributed by atoms with van der Waals surface area (Å²) in [6.45, 7) is 9.78. The highest BCUT2D eigenvalue weighted by atomic mass is 16.2. The van der Waals surface area contributed by atoms with Gasteiger partial charge in [0.25, 0.3) is 0 Å². The van der Waals surface area contributed by atoms with E-state index in [0.717, 1.165) is 58.7 Å². The second-order valence-corrected chi connectivity index (χ2v) is 9.51. The quantitative estimate of drug-likeness (QED) is 0.686. The first kappa shape index (κ1) is 21.7. The zero-order valence-electron chi connectivity index (χ0n) is 18.7. The Morgan fingerprint density at radius 1 is 1.00 bits per heavy atom. The Balaban J connectivity index is 1.21. The van der Waals surface area contributed by atoms with Crippen LogP contribution < -0.4 is 0 Å². The second-order valence-electron chi connectivity index (χ2n) is 9.51. The van der Waals surface area contributed by atoms with Crippen molar-refractivity contribution in [3.63, 3.8) is 0 Å². The molecular formula is C24H39N5O. The van der Waals surface area contributed by atoms with Crippen LogP contribution in [0.5, 0.6) is 0 Å². The topological polar surface area (TPSA) is 42.9 Å². The summed E-state index contributed by atoms with van der Waals surface area (Å²) in [6.07, 6.45) is 11.1. The summed E-state index contributed by atoms with van der Waals surface area (Å²) in [7, 11) is 2.01. The molecule has 0 aliphatic carbocycles. The lowest BCUT2D eigenvalue weighted by atomic mass is 9.93. The molecule has 1 amide bonds. The SMILES string of the molecule is CN(CCN1CCCC1)C(=O)C1CCCN(C2CCN(Cc3ccncc3)CC2)C1. The number of carbonyl (C=O) groups is 1. The zero-order chi connectivity index (χ0) is 20.8. The number of hydrogen-bond acceptors (Lipinski definition) is 5. The molecular weight excluding hydrogens is 374 g/mol. The van der Waals surface area contributed by atoms with Crippen LogP contribution in [-0.4, -0.2) is 95.9 Å². The molecule has 0 radical (unpaired) electrons. The van der Waals surface area contributed by atoms with Gasteiger partial charge in [0, 0.05) is 51.7 Å². The molecule has 1 unspecified atom stereocenters. The van der Waals surface area contributed by atoms with Gasteiger partial charge >= 0.3 is 0 Å². The van der Waals surface area contributed by atoms with Crippen molar-refractivity contribution >= 4 is 5.91 Å². The largest absolute Gasteiger partial charge is 0.344 e. The summed E-state index contributed by atoms with van der Waals surface area (Å²) < 4.78 is 0. The minimum absolute atomic E-state index is 0.192. The van der Waals surface area contributed by atoms with Crippen molar-refractivity contribution in [3.8, 4) is 0 Å². The van der Waals surface area contributed by atoms with Gasteiger partial charge in [-0.3, -0.25) is 19.6 Å². The van der Waals surface area contributed by atoms with Gasteiger partial charge in [0.05, 0.1) is 5.92 Å². The molecule has 3 fully saturated rings. The van der Waals surface area contributed by atoms with Crippen molar-refractivity contribution < 1.29 is 4.79 Å². The van der Waals surface area contributed by atoms with Crippen LogP contribution in [0, 0.1) is 5.92 Å². The fraction of sp³-hybridized carbons (Fsp3) is 0.750. The lowest BCUT2D eigenvalue weighted by Crippen LogP contribution is -2.51. The van der Waals surface area contributed by atoms with Gasteiger partial charge in [-0.15, -0.1) is 0 Å². The van der Waals surface area contributed by atoms with Crippen LogP contribution in [0.15, 0.2) is 24.5 Å². The average molecular weight is 414 g/mol. The molecule has 0 aromatic carbocycles. The molecule has 30 heavy (non-hydrogen) atoms. The summed E-state index contributed by atoms with van der Waals surface area (Å²) in [6, 6.07) is 4.88. The Morgan fingerprint density at radius 2 is 1.73 bits per heavy atom. The van der Waals surface area contributed by atoms with Crippen LogP contribution in [0.1, 0.15) is 44.1 Å². The number of amides is 1. The number of rotatable bonds is 7. The van der Waals surface area contributed by atoms with E-state index in [1.807, 2.05) is 24.3 Å². The van der Waals surface area contributed by atoms with E-state index < -0.39 is 0 Å². The molecule has 166 valence electrons. The van der Waals surface area contributed by atoms with E-state index >= 15 is 0 Å². The van der Waals surface area contributed by atoms with Crippen LogP contribution >= 0.6 is 0 Å². The van der Waals surface area contributed by atoms with Crippen molar-refractivity contribution in [1.82, 2.24) is 24.6 Å². The zero-order valence-corrected chi connectivity index (χ0v) is 18.7. The van der Waals surface area contributed by atoms with E-state index in [1.54, 1.807) is 0 Å². The number of aromatic nitrogens is 1. The first-order valence-electron chi connectivity index (χ1n) is 12.0. The van der Waals surface area contributed by atoms with Gasteiger partial charge in [-0.2, -0.15) is 0 Å². The first-order valence-corrected chi connectivity index (χ1v) is 12.0. The van der Waals surface area contributed by atoms with Crippen molar-refractivity contribution in [2.24, 2.45) is 5.92 Å². The summed E-state index contributed by atoms with van der Waals surface area (Å²) in [5.41, 5.74) is 1.35. The van der Waals surface area contributed by atoms with Crippen LogP contribution in [0.25, 0.3) is 0 Å². The summed E-state index contributed by atoms with van der Waals surface area (Å²) in [5.74, 6) is 0.561. The van der Waals surface area contributed by atoms with Crippen LogP contribution in [0.3, 0.4) is 0 Å². The maximum Gasteiger partial charge on any atom is 0.226 e. The minimum Gasteiger partial charge on any atom is -0.344 e. The first-order chi connectivity index (χ1) is 14.7. The molecule has 6 nitrogen and oxygen atoms in total. The standard InChI is InChI=1S/C24H39N5O/c1-26(17-18-27-12-2-3-13-27)24(30)22-5-4-14-29(20-22)23-8-15-28(16-9-23)19-21-6-10-25-11-7-21/h6-7,10-11,22-23H,2-5,8-9,12-20H2,1H3. The molecule has 3 saturated heterocycles. The molecule has 3 aliphatic rings. The van der Waals surface area contributed by atoms with Crippen LogP contribution in [0.4, 0.5) is 0 Å². The molecule has 0 N–H and O–H groups in total.